The molecular formula is C29H26F6N4O2. The molecule has 2 aromatic heterocycles. The molecule has 2 atom stereocenters. The van der Waals surface area contributed by atoms with Gasteiger partial charge in [0.25, 0.3) is 0 Å². The molecule has 2 heterocycles. The molecule has 0 aliphatic rings. The highest BCUT2D eigenvalue weighted by Crippen LogP contribution is 2.36. The summed E-state index contributed by atoms with van der Waals surface area (Å²) < 4.78 is 79.7. The van der Waals surface area contributed by atoms with Crippen LogP contribution >= 0.6 is 0 Å². The van der Waals surface area contributed by atoms with Gasteiger partial charge in [-0.3, -0.25) is 14.6 Å². The molecule has 4 aromatic rings. The molecule has 216 valence electrons. The number of aromatic amines is 1. The van der Waals surface area contributed by atoms with Gasteiger partial charge >= 0.3 is 12.4 Å². The van der Waals surface area contributed by atoms with Crippen molar-refractivity contribution < 1.29 is 35.9 Å². The van der Waals surface area contributed by atoms with Gasteiger partial charge in [-0.1, -0.05) is 31.2 Å². The van der Waals surface area contributed by atoms with E-state index in [-0.39, 0.29) is 18.1 Å². The number of fused-ring (bicyclic) bond motifs is 1. The first kappa shape index (κ1) is 29.6. The summed E-state index contributed by atoms with van der Waals surface area (Å²) in [6.45, 7) is 1.09. The highest BCUT2D eigenvalue weighted by Gasteiger charge is 2.37. The van der Waals surface area contributed by atoms with Gasteiger partial charge in [-0.15, -0.1) is 0 Å². The van der Waals surface area contributed by atoms with E-state index in [1.165, 1.54) is 0 Å². The van der Waals surface area contributed by atoms with Crippen LogP contribution in [0.2, 0.25) is 0 Å². The van der Waals surface area contributed by atoms with E-state index in [2.05, 4.69) is 20.6 Å². The van der Waals surface area contributed by atoms with E-state index in [1.54, 1.807) is 43.7 Å². The number of alkyl halides is 6. The lowest BCUT2D eigenvalue weighted by Crippen LogP contribution is -2.49. The number of halogens is 6. The summed E-state index contributed by atoms with van der Waals surface area (Å²) in [5.74, 6) is -1.83. The van der Waals surface area contributed by atoms with Crippen LogP contribution in [0.4, 0.5) is 26.3 Å². The first-order valence-electron chi connectivity index (χ1n) is 12.6. The fourth-order valence-electron chi connectivity index (χ4n) is 4.54. The quantitative estimate of drug-likeness (QED) is 0.209. The smallest absolute Gasteiger partial charge is 0.361 e. The molecule has 0 fully saturated rings. The van der Waals surface area contributed by atoms with Crippen LogP contribution in [0.3, 0.4) is 0 Å². The van der Waals surface area contributed by atoms with Gasteiger partial charge in [0.1, 0.15) is 6.04 Å². The number of aromatic nitrogens is 2. The number of nitrogens with one attached hydrogen (secondary N) is 3. The predicted molar refractivity (Wildman–Crippen MR) is 139 cm³/mol. The van der Waals surface area contributed by atoms with Gasteiger partial charge in [-0.05, 0) is 53.4 Å². The molecule has 0 aliphatic carbocycles. The largest absolute Gasteiger partial charge is 0.416 e. The highest BCUT2D eigenvalue weighted by molar-refractivity contribution is 5.90. The van der Waals surface area contributed by atoms with Crippen LogP contribution in [0.25, 0.3) is 10.9 Å². The first-order chi connectivity index (χ1) is 19.3. The molecule has 12 heteroatoms. The van der Waals surface area contributed by atoms with Crippen molar-refractivity contribution >= 4 is 22.7 Å². The maximum absolute atomic E-state index is 13.4. The van der Waals surface area contributed by atoms with Crippen molar-refractivity contribution in [3.8, 4) is 0 Å². The molecule has 0 bridgehead atoms. The number of aryl methyl sites for hydroxylation is 1. The van der Waals surface area contributed by atoms with Crippen molar-refractivity contribution in [2.24, 2.45) is 0 Å². The fourth-order valence-corrected chi connectivity index (χ4v) is 4.54. The summed E-state index contributed by atoms with van der Waals surface area (Å²) in [4.78, 5) is 33.4. The summed E-state index contributed by atoms with van der Waals surface area (Å²) in [5.41, 5.74) is -1.06. The third kappa shape index (κ3) is 7.44. The number of pyridine rings is 1. The summed E-state index contributed by atoms with van der Waals surface area (Å²) in [6, 6.07) is 10.8. The monoisotopic (exact) mass is 576 g/mol. The zero-order valence-corrected chi connectivity index (χ0v) is 21.7. The third-order valence-corrected chi connectivity index (χ3v) is 6.69. The maximum Gasteiger partial charge on any atom is 0.416 e. The number of benzene rings is 2. The van der Waals surface area contributed by atoms with Gasteiger partial charge in [0.2, 0.25) is 11.8 Å². The zero-order valence-electron chi connectivity index (χ0n) is 21.7. The molecule has 0 saturated heterocycles. The first-order valence-corrected chi connectivity index (χ1v) is 12.6. The van der Waals surface area contributed by atoms with E-state index in [0.29, 0.717) is 24.1 Å². The molecule has 41 heavy (non-hydrogen) atoms. The number of nitrogens with zero attached hydrogens (tertiary/aromatic N) is 1. The minimum Gasteiger partial charge on any atom is -0.361 e. The molecule has 2 aromatic carbocycles. The van der Waals surface area contributed by atoms with Crippen LogP contribution in [-0.4, -0.2) is 27.8 Å². The molecule has 6 nitrogen and oxygen atoms in total. The van der Waals surface area contributed by atoms with Crippen LogP contribution in [0.1, 0.15) is 47.1 Å². The second-order valence-corrected chi connectivity index (χ2v) is 9.62. The highest BCUT2D eigenvalue weighted by atomic mass is 19.4. The van der Waals surface area contributed by atoms with Gasteiger partial charge in [-0.25, -0.2) is 0 Å². The Balaban J connectivity index is 1.57. The molecule has 0 aliphatic heterocycles. The van der Waals surface area contributed by atoms with E-state index in [4.69, 9.17) is 0 Å². The lowest BCUT2D eigenvalue weighted by atomic mass is 9.91. The van der Waals surface area contributed by atoms with Crippen molar-refractivity contribution in [2.45, 2.75) is 50.6 Å². The second kappa shape index (κ2) is 12.0. The Morgan fingerprint density at radius 2 is 1.61 bits per heavy atom. The Labute approximate surface area is 231 Å². The number of rotatable bonds is 9. The van der Waals surface area contributed by atoms with Gasteiger partial charge in [0.05, 0.1) is 11.1 Å². The van der Waals surface area contributed by atoms with Crippen molar-refractivity contribution in [3.05, 3.63) is 101 Å². The SMILES string of the molecule is CC(c1c[nH]c2ccccc12)C(NC(=O)CCc1cccnc1)C(=O)NCc1cc(C(F)(F)F)cc(C(F)(F)F)c1. The Morgan fingerprint density at radius 1 is 0.927 bits per heavy atom. The molecule has 4 rings (SSSR count). The standard InChI is InChI=1S/C29H26F6N4O2/c1-17(23-16-37-24-7-3-2-6-22(23)24)26(39-25(40)9-8-18-5-4-10-36-14-18)27(41)38-15-19-11-20(28(30,31)32)13-21(12-19)29(33,34)35/h2-7,10-14,16-17,26,37H,8-9,15H2,1H3,(H,38,41)(H,39,40). The molecule has 2 unspecified atom stereocenters. The lowest BCUT2D eigenvalue weighted by Gasteiger charge is -2.25. The number of H-pyrrole nitrogens is 1. The predicted octanol–water partition coefficient (Wildman–Crippen LogP) is 6.14. The van der Waals surface area contributed by atoms with E-state index >= 15 is 0 Å². The number of para-hydroxylation sites is 1. The number of hydrogen-bond donors (Lipinski definition) is 3. The maximum atomic E-state index is 13.4. The molecule has 3 N–H and O–H groups in total. The van der Waals surface area contributed by atoms with Crippen molar-refractivity contribution in [3.63, 3.8) is 0 Å². The summed E-state index contributed by atoms with van der Waals surface area (Å²) in [5, 5.41) is 5.92. The normalized spacial score (nSPS) is 13.5. The van der Waals surface area contributed by atoms with Gasteiger partial charge in [0.15, 0.2) is 0 Å². The Bertz CT molecular complexity index is 1480. The van der Waals surface area contributed by atoms with E-state index in [9.17, 15) is 35.9 Å². The zero-order chi connectivity index (χ0) is 29.8. The minimum atomic E-state index is -5.02. The minimum absolute atomic E-state index is 0.0235. The topological polar surface area (TPSA) is 86.9 Å². The molecule has 2 amide bonds. The van der Waals surface area contributed by atoms with E-state index in [0.717, 1.165) is 16.5 Å². The average molecular weight is 577 g/mol. The summed E-state index contributed by atoms with van der Waals surface area (Å²) >= 11 is 0. The van der Waals surface area contributed by atoms with E-state index < -0.39 is 53.8 Å². The van der Waals surface area contributed by atoms with Crippen molar-refractivity contribution in [1.29, 1.82) is 0 Å². The Hall–Kier alpha value is -4.35. The van der Waals surface area contributed by atoms with Crippen molar-refractivity contribution in [1.82, 2.24) is 20.6 Å². The van der Waals surface area contributed by atoms with Gasteiger partial charge in [0, 0.05) is 48.4 Å². The number of hydrogen-bond acceptors (Lipinski definition) is 3. The summed E-state index contributed by atoms with van der Waals surface area (Å²) in [7, 11) is 0. The summed E-state index contributed by atoms with van der Waals surface area (Å²) in [6.07, 6.45) is -4.77. The van der Waals surface area contributed by atoms with E-state index in [1.807, 2.05) is 18.2 Å². The number of carbonyl (C=O) groups is 2. The molecular weight excluding hydrogens is 550 g/mol. The molecule has 0 saturated carbocycles. The average Bonchev–Trinajstić information content (AvgIpc) is 3.37. The molecule has 0 radical (unpaired) electrons. The van der Waals surface area contributed by atoms with Crippen LogP contribution in [0.15, 0.2) is 73.2 Å². The number of carbonyl (C=O) groups excluding carboxylic acids is 2. The van der Waals surface area contributed by atoms with Crippen LogP contribution in [0.5, 0.6) is 0 Å². The lowest BCUT2D eigenvalue weighted by molar-refractivity contribution is -0.143. The van der Waals surface area contributed by atoms with Crippen LogP contribution in [-0.2, 0) is 34.9 Å². The van der Waals surface area contributed by atoms with Crippen LogP contribution in [0, 0.1) is 0 Å². The Kier molecular flexibility index (Phi) is 8.69. The fraction of sp³-hybridized carbons (Fsp3) is 0.276. The van der Waals surface area contributed by atoms with Gasteiger partial charge < -0.3 is 15.6 Å². The second-order valence-electron chi connectivity index (χ2n) is 9.62. The Morgan fingerprint density at radius 3 is 2.24 bits per heavy atom. The van der Waals surface area contributed by atoms with Gasteiger partial charge in [-0.2, -0.15) is 26.3 Å². The third-order valence-electron chi connectivity index (χ3n) is 6.69. The molecule has 0 spiro atoms. The number of amides is 2. The van der Waals surface area contributed by atoms with Crippen molar-refractivity contribution in [2.75, 3.05) is 0 Å². The van der Waals surface area contributed by atoms with Crippen LogP contribution < -0.4 is 10.6 Å².